The second kappa shape index (κ2) is 12.5. The van der Waals surface area contributed by atoms with Crippen LogP contribution in [-0.2, 0) is 26.8 Å². The minimum Gasteiger partial charge on any atom is -0.427 e. The summed E-state index contributed by atoms with van der Waals surface area (Å²) >= 11 is 0. The number of benzene rings is 1. The molecule has 0 aliphatic carbocycles. The van der Waals surface area contributed by atoms with Crippen LogP contribution in [0.1, 0.15) is 105 Å². The molecule has 0 saturated carbocycles. The Morgan fingerprint density at radius 3 is 1.86 bits per heavy atom. The van der Waals surface area contributed by atoms with Crippen molar-refractivity contribution < 1.29 is 19.1 Å². The van der Waals surface area contributed by atoms with Crippen LogP contribution in [0.5, 0.6) is 0 Å². The summed E-state index contributed by atoms with van der Waals surface area (Å²) in [7, 11) is 1.43. The maximum atomic E-state index is 10.6. The van der Waals surface area contributed by atoms with E-state index >= 15 is 0 Å². The van der Waals surface area contributed by atoms with Gasteiger partial charge in [-0.1, -0.05) is 35.3 Å². The van der Waals surface area contributed by atoms with Gasteiger partial charge in [0, 0.05) is 0 Å². The number of hydrogen-bond donors (Lipinski definition) is 1. The molecule has 1 N–H and O–H groups in total. The summed E-state index contributed by atoms with van der Waals surface area (Å²) in [5.74, 6) is 0. The minimum absolute atomic E-state index is 0.396. The highest BCUT2D eigenvalue weighted by Gasteiger charge is 2.52. The van der Waals surface area contributed by atoms with Gasteiger partial charge in [0.1, 0.15) is 0 Å². The van der Waals surface area contributed by atoms with Crippen LogP contribution in [0.15, 0.2) is 37.4 Å². The van der Waals surface area contributed by atoms with Crippen molar-refractivity contribution in [1.29, 1.82) is 0 Å². The summed E-state index contributed by atoms with van der Waals surface area (Å²) < 4.78 is 19.2. The third kappa shape index (κ3) is 7.83. The van der Waals surface area contributed by atoms with E-state index in [4.69, 9.17) is 14.0 Å². The lowest BCUT2D eigenvalue weighted by atomic mass is 9.69. The molecule has 199 valence electrons. The standard InChI is InChI=1S/C30H49B2O4/c1-11-13-15-17-19-23-22-26(32-35-29(7,8)30(9,10)36-32)24(20-18-16-14-12-2)21-25(23)31-34-28(5,6)27(3,4)33/h11-12,21-22,33H,1-2,13-20H2,3-10H3. The van der Waals surface area contributed by atoms with E-state index in [1.54, 1.807) is 13.8 Å². The number of unbranched alkanes of at least 4 members (excludes halogenated alkanes) is 4. The van der Waals surface area contributed by atoms with Gasteiger partial charge in [-0.15, -0.1) is 13.2 Å². The fourth-order valence-electron chi connectivity index (χ4n) is 4.02. The molecule has 0 unspecified atom stereocenters. The Kier molecular flexibility index (Phi) is 10.7. The molecular formula is C30H49B2O4. The van der Waals surface area contributed by atoms with Gasteiger partial charge in [-0.05, 0) is 118 Å². The molecule has 1 aromatic rings. The number of hydrogen-bond acceptors (Lipinski definition) is 4. The lowest BCUT2D eigenvalue weighted by molar-refractivity contribution is -0.0893. The van der Waals surface area contributed by atoms with E-state index in [-0.39, 0.29) is 0 Å². The highest BCUT2D eigenvalue weighted by molar-refractivity contribution is 6.63. The normalized spacial score (nSPS) is 17.3. The second-order valence-electron chi connectivity index (χ2n) is 12.2. The Morgan fingerprint density at radius 1 is 0.889 bits per heavy atom. The van der Waals surface area contributed by atoms with E-state index < -0.39 is 29.5 Å². The van der Waals surface area contributed by atoms with Crippen molar-refractivity contribution in [3.63, 3.8) is 0 Å². The molecular weight excluding hydrogens is 446 g/mol. The molecule has 4 nitrogen and oxygen atoms in total. The van der Waals surface area contributed by atoms with Crippen LogP contribution in [0.3, 0.4) is 0 Å². The first-order valence-electron chi connectivity index (χ1n) is 13.6. The molecule has 1 heterocycles. The third-order valence-electron chi connectivity index (χ3n) is 8.07. The SMILES string of the molecule is C=CCCCCc1cc(B2OC(C)(C)C(C)(C)O2)c(CCCCC=C)cc1[B]OC(C)(C)C(C)(C)O. The summed E-state index contributed by atoms with van der Waals surface area (Å²) in [6, 6.07) is 4.52. The van der Waals surface area contributed by atoms with Crippen molar-refractivity contribution in [2.75, 3.05) is 0 Å². The van der Waals surface area contributed by atoms with Gasteiger partial charge in [-0.3, -0.25) is 0 Å². The third-order valence-corrected chi connectivity index (χ3v) is 8.07. The quantitative estimate of drug-likeness (QED) is 0.196. The molecule has 2 rings (SSSR count). The smallest absolute Gasteiger partial charge is 0.427 e. The fraction of sp³-hybridized carbons (Fsp3) is 0.667. The molecule has 0 aromatic heterocycles. The molecule has 6 heteroatoms. The van der Waals surface area contributed by atoms with Crippen LogP contribution < -0.4 is 10.9 Å². The van der Waals surface area contributed by atoms with Crippen molar-refractivity contribution >= 4 is 25.5 Å². The molecule has 1 aromatic carbocycles. The monoisotopic (exact) mass is 495 g/mol. The summed E-state index contributed by atoms with van der Waals surface area (Å²) in [5.41, 5.74) is 2.10. The number of aliphatic hydroxyl groups is 1. The van der Waals surface area contributed by atoms with E-state index in [0.29, 0.717) is 0 Å². The van der Waals surface area contributed by atoms with E-state index in [1.807, 2.05) is 33.5 Å². The predicted molar refractivity (Wildman–Crippen MR) is 155 cm³/mol. The molecule has 36 heavy (non-hydrogen) atoms. The van der Waals surface area contributed by atoms with Crippen LogP contribution in [0.2, 0.25) is 0 Å². The average Bonchev–Trinajstić information content (AvgIpc) is 2.99. The summed E-state index contributed by atoms with van der Waals surface area (Å²) in [6.45, 7) is 23.5. The van der Waals surface area contributed by atoms with Gasteiger partial charge in [0.05, 0.1) is 22.4 Å². The number of allylic oxidation sites excluding steroid dienone is 2. The lowest BCUT2D eigenvalue weighted by Crippen LogP contribution is -2.49. The lowest BCUT2D eigenvalue weighted by Gasteiger charge is -2.37. The van der Waals surface area contributed by atoms with E-state index in [2.05, 4.69) is 53.0 Å². The largest absolute Gasteiger partial charge is 0.495 e. The maximum absolute atomic E-state index is 10.6. The summed E-state index contributed by atoms with van der Waals surface area (Å²) in [6.07, 6.45) is 12.1. The van der Waals surface area contributed by atoms with Gasteiger partial charge >= 0.3 is 14.6 Å². The maximum Gasteiger partial charge on any atom is 0.495 e. The molecule has 1 radical (unpaired) electrons. The second-order valence-corrected chi connectivity index (χ2v) is 12.2. The van der Waals surface area contributed by atoms with Gasteiger partial charge in [0.25, 0.3) is 0 Å². The van der Waals surface area contributed by atoms with Crippen LogP contribution in [0.4, 0.5) is 0 Å². The van der Waals surface area contributed by atoms with E-state index in [1.165, 1.54) is 11.1 Å². The predicted octanol–water partition coefficient (Wildman–Crippen LogP) is 5.59. The van der Waals surface area contributed by atoms with E-state index in [9.17, 15) is 5.11 Å². The van der Waals surface area contributed by atoms with Gasteiger partial charge in [-0.2, -0.15) is 0 Å². The first-order valence-corrected chi connectivity index (χ1v) is 13.6. The molecule has 1 aliphatic rings. The molecule has 1 saturated heterocycles. The van der Waals surface area contributed by atoms with Gasteiger partial charge in [0.15, 0.2) is 0 Å². The Labute approximate surface area is 222 Å². The van der Waals surface area contributed by atoms with Gasteiger partial charge in [0.2, 0.25) is 0 Å². The molecule has 0 spiro atoms. The Balaban J connectivity index is 2.46. The molecule has 0 bridgehead atoms. The minimum atomic E-state index is -0.982. The average molecular weight is 495 g/mol. The van der Waals surface area contributed by atoms with E-state index in [0.717, 1.165) is 62.3 Å². The Hall–Kier alpha value is -1.33. The van der Waals surface area contributed by atoms with Crippen LogP contribution in [0, 0.1) is 0 Å². The number of aryl methyl sites for hydroxylation is 2. The Bertz CT molecular complexity index is 868. The van der Waals surface area contributed by atoms with Crippen molar-refractivity contribution in [2.45, 2.75) is 129 Å². The van der Waals surface area contributed by atoms with Crippen molar-refractivity contribution in [1.82, 2.24) is 0 Å². The zero-order valence-corrected chi connectivity index (χ0v) is 24.2. The molecule has 0 atom stereocenters. The highest BCUT2D eigenvalue weighted by Crippen LogP contribution is 2.37. The summed E-state index contributed by atoms with van der Waals surface area (Å²) in [4.78, 5) is 0. The van der Waals surface area contributed by atoms with Crippen LogP contribution >= 0.6 is 0 Å². The Morgan fingerprint density at radius 2 is 1.39 bits per heavy atom. The zero-order chi connectivity index (χ0) is 27.2. The van der Waals surface area contributed by atoms with Crippen molar-refractivity contribution in [2.24, 2.45) is 0 Å². The fourth-order valence-corrected chi connectivity index (χ4v) is 4.02. The molecule has 1 fully saturated rings. The van der Waals surface area contributed by atoms with Crippen molar-refractivity contribution in [3.8, 4) is 0 Å². The van der Waals surface area contributed by atoms with Crippen LogP contribution in [0.25, 0.3) is 0 Å². The van der Waals surface area contributed by atoms with Crippen LogP contribution in [-0.4, -0.2) is 42.1 Å². The first-order chi connectivity index (χ1) is 16.6. The van der Waals surface area contributed by atoms with Crippen molar-refractivity contribution in [3.05, 3.63) is 48.6 Å². The number of rotatable bonds is 15. The first kappa shape index (κ1) is 30.9. The molecule has 1 aliphatic heterocycles. The van der Waals surface area contributed by atoms with Gasteiger partial charge in [-0.25, -0.2) is 0 Å². The topological polar surface area (TPSA) is 47.9 Å². The highest BCUT2D eigenvalue weighted by atomic mass is 16.7. The molecule has 0 amide bonds. The summed E-state index contributed by atoms with van der Waals surface area (Å²) in [5, 5.41) is 10.6. The zero-order valence-electron chi connectivity index (χ0n) is 24.2. The van der Waals surface area contributed by atoms with Gasteiger partial charge < -0.3 is 19.1 Å².